The zero-order chi connectivity index (χ0) is 13.4. The molecule has 0 aliphatic rings. The Kier molecular flexibility index (Phi) is 6.54. The number of carbonyl (C=O) groups excluding carboxylic acids is 1. The Morgan fingerprint density at radius 3 is 2.72 bits per heavy atom. The van der Waals surface area contributed by atoms with E-state index < -0.39 is 5.97 Å². The van der Waals surface area contributed by atoms with E-state index in [4.69, 9.17) is 26.8 Å². The summed E-state index contributed by atoms with van der Waals surface area (Å²) in [6.45, 7) is 3.42. The van der Waals surface area contributed by atoms with Crippen molar-refractivity contribution >= 4 is 23.3 Å². The summed E-state index contributed by atoms with van der Waals surface area (Å²) in [6.07, 6.45) is 2.10. The van der Waals surface area contributed by atoms with Crippen molar-refractivity contribution in [3.05, 3.63) is 28.8 Å². The molecule has 0 saturated carbocycles. The van der Waals surface area contributed by atoms with Gasteiger partial charge in [0.05, 0.1) is 12.2 Å². The number of nitrogens with two attached hydrogens (primary N) is 1. The predicted molar refractivity (Wildman–Crippen MR) is 71.9 cm³/mol. The number of hydrogen-bond donors (Lipinski definition) is 1. The molecule has 0 heterocycles. The van der Waals surface area contributed by atoms with Gasteiger partial charge in [-0.1, -0.05) is 24.9 Å². The van der Waals surface area contributed by atoms with Gasteiger partial charge < -0.3 is 15.2 Å². The molecular formula is C13H18ClNO3. The van der Waals surface area contributed by atoms with Crippen LogP contribution in [0.4, 0.5) is 5.69 Å². The summed E-state index contributed by atoms with van der Waals surface area (Å²) in [6, 6.07) is 4.64. The third-order valence-corrected chi connectivity index (χ3v) is 2.48. The first-order valence-corrected chi connectivity index (χ1v) is 6.32. The molecule has 0 aliphatic heterocycles. The molecule has 4 nitrogen and oxygen atoms in total. The van der Waals surface area contributed by atoms with Crippen LogP contribution in [-0.2, 0) is 9.47 Å². The predicted octanol–water partition coefficient (Wildman–Crippen LogP) is 2.90. The van der Waals surface area contributed by atoms with Crippen LogP contribution < -0.4 is 5.73 Å². The van der Waals surface area contributed by atoms with Crippen LogP contribution in [0.1, 0.15) is 30.1 Å². The smallest absolute Gasteiger partial charge is 0.338 e. The number of halogens is 1. The van der Waals surface area contributed by atoms with E-state index in [1.807, 2.05) is 0 Å². The molecule has 18 heavy (non-hydrogen) atoms. The number of hydrogen-bond acceptors (Lipinski definition) is 4. The monoisotopic (exact) mass is 271 g/mol. The van der Waals surface area contributed by atoms with Gasteiger partial charge in [0.15, 0.2) is 0 Å². The maximum absolute atomic E-state index is 11.6. The lowest BCUT2D eigenvalue weighted by molar-refractivity contribution is 0.0314. The van der Waals surface area contributed by atoms with Gasteiger partial charge in [0.2, 0.25) is 0 Å². The van der Waals surface area contributed by atoms with Crippen molar-refractivity contribution in [2.75, 3.05) is 25.6 Å². The summed E-state index contributed by atoms with van der Waals surface area (Å²) in [7, 11) is 0. The number of ether oxygens (including phenoxy) is 2. The lowest BCUT2D eigenvalue weighted by Gasteiger charge is -2.06. The van der Waals surface area contributed by atoms with Gasteiger partial charge in [-0.2, -0.15) is 0 Å². The van der Waals surface area contributed by atoms with Gasteiger partial charge in [-0.3, -0.25) is 0 Å². The normalized spacial score (nSPS) is 10.3. The maximum Gasteiger partial charge on any atom is 0.338 e. The first kappa shape index (κ1) is 14.8. The van der Waals surface area contributed by atoms with Crippen molar-refractivity contribution in [3.8, 4) is 0 Å². The van der Waals surface area contributed by atoms with Crippen LogP contribution in [0.5, 0.6) is 0 Å². The zero-order valence-corrected chi connectivity index (χ0v) is 11.2. The molecule has 0 radical (unpaired) electrons. The summed E-state index contributed by atoms with van der Waals surface area (Å²) in [5, 5.41) is 0.418. The van der Waals surface area contributed by atoms with E-state index >= 15 is 0 Å². The Morgan fingerprint density at radius 2 is 2.06 bits per heavy atom. The summed E-state index contributed by atoms with van der Waals surface area (Å²) in [5.41, 5.74) is 6.38. The number of nitrogen functional groups attached to an aromatic ring is 1. The van der Waals surface area contributed by atoms with Crippen molar-refractivity contribution in [1.82, 2.24) is 0 Å². The van der Waals surface area contributed by atoms with Crippen molar-refractivity contribution in [3.63, 3.8) is 0 Å². The lowest BCUT2D eigenvalue weighted by Crippen LogP contribution is -2.11. The van der Waals surface area contributed by atoms with E-state index in [9.17, 15) is 4.79 Å². The maximum atomic E-state index is 11.6. The van der Waals surface area contributed by atoms with Gasteiger partial charge in [0, 0.05) is 17.3 Å². The Hall–Kier alpha value is -1.26. The van der Waals surface area contributed by atoms with Crippen molar-refractivity contribution < 1.29 is 14.3 Å². The van der Waals surface area contributed by atoms with E-state index in [0.717, 1.165) is 12.8 Å². The highest BCUT2D eigenvalue weighted by Gasteiger charge is 2.08. The van der Waals surface area contributed by atoms with E-state index in [1.54, 1.807) is 6.07 Å². The first-order valence-electron chi connectivity index (χ1n) is 5.94. The van der Waals surface area contributed by atoms with Crippen LogP contribution in [-0.4, -0.2) is 25.8 Å². The quantitative estimate of drug-likeness (QED) is 0.471. The van der Waals surface area contributed by atoms with Gasteiger partial charge in [0.25, 0.3) is 0 Å². The van der Waals surface area contributed by atoms with E-state index in [0.29, 0.717) is 29.5 Å². The van der Waals surface area contributed by atoms with E-state index in [1.165, 1.54) is 12.1 Å². The molecule has 0 fully saturated rings. The molecule has 0 aliphatic carbocycles. The molecule has 0 unspecified atom stereocenters. The second-order valence-corrected chi connectivity index (χ2v) is 4.31. The number of anilines is 1. The SMILES string of the molecule is CCCCOCCOC(=O)c1cc(N)cc(Cl)c1. The van der Waals surface area contributed by atoms with Crippen molar-refractivity contribution in [2.24, 2.45) is 0 Å². The lowest BCUT2D eigenvalue weighted by atomic mass is 10.2. The van der Waals surface area contributed by atoms with Gasteiger partial charge in [0.1, 0.15) is 6.61 Å². The Labute approximate surface area is 112 Å². The number of esters is 1. The summed E-state index contributed by atoms with van der Waals surface area (Å²) < 4.78 is 10.3. The third-order valence-electron chi connectivity index (χ3n) is 2.26. The van der Waals surface area contributed by atoms with Crippen LogP contribution >= 0.6 is 11.6 Å². The average Bonchev–Trinajstić information content (AvgIpc) is 2.32. The Morgan fingerprint density at radius 1 is 1.28 bits per heavy atom. The third kappa shape index (κ3) is 5.38. The fraction of sp³-hybridized carbons (Fsp3) is 0.462. The average molecular weight is 272 g/mol. The molecule has 0 atom stereocenters. The highest BCUT2D eigenvalue weighted by Crippen LogP contribution is 2.17. The molecule has 1 aromatic rings. The van der Waals surface area contributed by atoms with Crippen LogP contribution in [0.2, 0.25) is 5.02 Å². The number of unbranched alkanes of at least 4 members (excludes halogenated alkanes) is 1. The first-order chi connectivity index (χ1) is 8.63. The Bertz CT molecular complexity index is 376. The molecule has 1 rings (SSSR count). The van der Waals surface area contributed by atoms with Gasteiger partial charge in [-0.15, -0.1) is 0 Å². The Balaban J connectivity index is 2.32. The highest BCUT2D eigenvalue weighted by molar-refractivity contribution is 6.31. The van der Waals surface area contributed by atoms with Crippen LogP contribution in [0.25, 0.3) is 0 Å². The molecule has 0 bridgehead atoms. The van der Waals surface area contributed by atoms with Gasteiger partial charge >= 0.3 is 5.97 Å². The van der Waals surface area contributed by atoms with Crippen molar-refractivity contribution in [2.45, 2.75) is 19.8 Å². The largest absolute Gasteiger partial charge is 0.460 e. The molecule has 0 amide bonds. The summed E-state index contributed by atoms with van der Waals surface area (Å²) >= 11 is 5.80. The van der Waals surface area contributed by atoms with Crippen LogP contribution in [0, 0.1) is 0 Å². The van der Waals surface area contributed by atoms with Gasteiger partial charge in [-0.05, 0) is 24.6 Å². The van der Waals surface area contributed by atoms with Crippen LogP contribution in [0.15, 0.2) is 18.2 Å². The number of benzene rings is 1. The number of rotatable bonds is 7. The minimum Gasteiger partial charge on any atom is -0.460 e. The van der Waals surface area contributed by atoms with Gasteiger partial charge in [-0.25, -0.2) is 4.79 Å². The van der Waals surface area contributed by atoms with E-state index in [2.05, 4.69) is 6.92 Å². The van der Waals surface area contributed by atoms with Crippen molar-refractivity contribution in [1.29, 1.82) is 0 Å². The molecule has 100 valence electrons. The molecule has 1 aromatic carbocycles. The molecule has 5 heteroatoms. The summed E-state index contributed by atoms with van der Waals surface area (Å²) in [4.78, 5) is 11.6. The fourth-order valence-corrected chi connectivity index (χ4v) is 1.60. The standard InChI is InChI=1S/C13H18ClNO3/c1-2-3-4-17-5-6-18-13(16)10-7-11(14)9-12(15)8-10/h7-9H,2-6,15H2,1H3. The minimum atomic E-state index is -0.441. The van der Waals surface area contributed by atoms with Crippen LogP contribution in [0.3, 0.4) is 0 Å². The molecule has 0 spiro atoms. The molecule has 0 aromatic heterocycles. The second-order valence-electron chi connectivity index (χ2n) is 3.88. The summed E-state index contributed by atoms with van der Waals surface area (Å²) in [5.74, 6) is -0.441. The van der Waals surface area contributed by atoms with E-state index in [-0.39, 0.29) is 6.61 Å². The fourth-order valence-electron chi connectivity index (χ4n) is 1.36. The molecule has 0 saturated heterocycles. The second kappa shape index (κ2) is 7.95. The number of carbonyl (C=O) groups is 1. The highest BCUT2D eigenvalue weighted by atomic mass is 35.5. The molecule has 2 N–H and O–H groups in total. The molecular weight excluding hydrogens is 254 g/mol. The topological polar surface area (TPSA) is 61.5 Å². The minimum absolute atomic E-state index is 0.231. The zero-order valence-electron chi connectivity index (χ0n) is 10.4.